The van der Waals surface area contributed by atoms with Crippen LogP contribution in [0.15, 0.2) is 146 Å². The van der Waals surface area contributed by atoms with E-state index < -0.39 is 23.9 Å². The Morgan fingerprint density at radius 3 is 0.632 bits per heavy atom. The van der Waals surface area contributed by atoms with Gasteiger partial charge in [0.15, 0.2) is 0 Å². The van der Waals surface area contributed by atoms with Gasteiger partial charge in [0.25, 0.3) is 0 Å². The van der Waals surface area contributed by atoms with Gasteiger partial charge in [0.2, 0.25) is 0 Å². The van der Waals surface area contributed by atoms with Crippen molar-refractivity contribution in [3.63, 3.8) is 0 Å². The maximum atomic E-state index is 11.8. The highest BCUT2D eigenvalue weighted by atomic mass is 16.6. The quantitative estimate of drug-likeness (QED) is 0.0456. The monoisotopic (exact) mass is 1590 g/mol. The number of esters is 4. The zero-order valence-electron chi connectivity index (χ0n) is 74.6. The van der Waals surface area contributed by atoms with E-state index in [2.05, 4.69) is 135 Å². The SMILES string of the molecule is C1CC2C3CCC(C3)C2C1.C1CC2C3CCC(C3)C2C1.C=C(C)C(=O)OC(=O)C(=C)C.C=C(C)C(=O)Oc1c(C)cc(Oc2c(C)cc(C)cc2C)cc1C.C=C(C)C(=O)Oc1c(C)cc(Oc2c(C)cc(C)cc2C)cc1C.Cc1cc(C)c(Oc2cc(C)c(O)c(C)c2)c(C)c1.Cc1cc(C)c(Oc2cc(C)c(O)c(C)c2)c(C)c1. The van der Waals surface area contributed by atoms with Crippen molar-refractivity contribution >= 4 is 23.9 Å². The molecule has 6 aliphatic rings. The molecule has 6 aliphatic carbocycles. The maximum Gasteiger partial charge on any atom is 0.340 e. The van der Waals surface area contributed by atoms with E-state index in [1.165, 1.54) is 83.4 Å². The molecule has 117 heavy (non-hydrogen) atoms. The van der Waals surface area contributed by atoms with E-state index in [1.807, 2.05) is 132 Å². The number of rotatable bonds is 14. The number of aryl methyl sites for hydroxylation is 20. The normalized spacial score (nSPS) is 18.4. The van der Waals surface area contributed by atoms with E-state index in [0.717, 1.165) is 135 Å². The van der Waals surface area contributed by atoms with Crippen LogP contribution in [0.4, 0.5) is 0 Å². The molecule has 624 valence electrons. The third kappa shape index (κ3) is 24.4. The second kappa shape index (κ2) is 40.6. The standard InChI is InChI=1S/2C21H24O3.2C17H20O2.2C10H16.C8H10O3/c2*1-12(2)21(22)24-20-16(6)10-18(11-17(20)7)23-19-14(4)8-13(3)9-15(19)5;2*1-10-6-13(4)17(14(5)7-10)19-15-8-11(2)16(18)12(3)9-15;2*1-2-9-7-4-5-8(6-7)10(9)3-1;1-5(2)7(9)11-8(10)6(3)4/h2*8-11H,1H2,2-7H3;2*6-9,18H,1-5H3;2*7-10H,1-6H2;1,3H2,2,4H3. The lowest BCUT2D eigenvalue weighted by atomic mass is 9.82. The predicted molar refractivity (Wildman–Crippen MR) is 475 cm³/mol. The molecule has 8 aromatic rings. The summed E-state index contributed by atoms with van der Waals surface area (Å²) in [6.07, 6.45) is 19.1. The number of phenolic OH excluding ortho intramolecular Hbond substituents is 2. The van der Waals surface area contributed by atoms with Crippen LogP contribution in [0.25, 0.3) is 0 Å². The number of aromatic hydroxyl groups is 2. The average Bonchev–Trinajstić information content (AvgIpc) is 1.62. The van der Waals surface area contributed by atoms with Crippen molar-refractivity contribution in [1.29, 1.82) is 0 Å². The van der Waals surface area contributed by atoms with Gasteiger partial charge in [-0.05, 0) is 415 Å². The minimum Gasteiger partial charge on any atom is -0.507 e. The van der Waals surface area contributed by atoms with E-state index >= 15 is 0 Å². The zero-order valence-corrected chi connectivity index (χ0v) is 74.6. The molecule has 8 aromatic carbocycles. The molecule has 6 fully saturated rings. The molecule has 2 N–H and O–H groups in total. The molecular formula is C104H130O13. The van der Waals surface area contributed by atoms with E-state index in [4.69, 9.17) is 28.4 Å². The molecule has 0 radical (unpaired) electrons. The Labute approximate surface area is 699 Å². The summed E-state index contributed by atoms with van der Waals surface area (Å²) in [6.45, 7) is 59.8. The lowest BCUT2D eigenvalue weighted by Gasteiger charge is -2.23. The summed E-state index contributed by atoms with van der Waals surface area (Å²) in [4.78, 5) is 44.9. The lowest BCUT2D eigenvalue weighted by molar-refractivity contribution is -0.154. The third-order valence-corrected chi connectivity index (χ3v) is 23.8. The molecule has 0 amide bonds. The van der Waals surface area contributed by atoms with Gasteiger partial charge in [0, 0.05) is 22.3 Å². The van der Waals surface area contributed by atoms with Crippen molar-refractivity contribution in [1.82, 2.24) is 0 Å². The highest BCUT2D eigenvalue weighted by Gasteiger charge is 2.50. The van der Waals surface area contributed by atoms with Crippen LogP contribution < -0.4 is 28.4 Å². The van der Waals surface area contributed by atoms with Crippen molar-refractivity contribution in [3.8, 4) is 69.0 Å². The van der Waals surface area contributed by atoms with Crippen molar-refractivity contribution in [2.75, 3.05) is 0 Å². The molecular weight excluding hydrogens is 1460 g/mol. The summed E-state index contributed by atoms with van der Waals surface area (Å²) in [5, 5.41) is 19.6. The number of phenols is 2. The largest absolute Gasteiger partial charge is 0.507 e. The van der Waals surface area contributed by atoms with Crippen LogP contribution in [0, 0.1) is 186 Å². The van der Waals surface area contributed by atoms with Gasteiger partial charge in [-0.1, -0.05) is 110 Å². The zero-order chi connectivity index (χ0) is 86.5. The Bertz CT molecular complexity index is 4530. The van der Waals surface area contributed by atoms with Crippen LogP contribution in [0.3, 0.4) is 0 Å². The topological polar surface area (TPSA) is 173 Å². The number of carbonyl (C=O) groups excluding carboxylic acids is 4. The average molecular weight is 1590 g/mol. The molecule has 0 saturated heterocycles. The fourth-order valence-corrected chi connectivity index (χ4v) is 18.6. The minimum absolute atomic E-state index is 0.194. The lowest BCUT2D eigenvalue weighted by Crippen LogP contribution is -2.15. The molecule has 0 aliphatic heterocycles. The Kier molecular flexibility index (Phi) is 32.0. The first-order valence-electron chi connectivity index (χ1n) is 41.7. The molecule has 8 unspecified atom stereocenters. The number of fused-ring (bicyclic) bond motifs is 10. The Balaban J connectivity index is 0.000000174. The summed E-state index contributed by atoms with van der Waals surface area (Å²) in [5.41, 5.74) is 21.7. The van der Waals surface area contributed by atoms with Crippen LogP contribution in [-0.4, -0.2) is 34.1 Å². The fraction of sp³-hybridized carbons (Fsp3) is 0.423. The summed E-state index contributed by atoms with van der Waals surface area (Å²) in [7, 11) is 0. The maximum absolute atomic E-state index is 11.8. The number of ether oxygens (including phenoxy) is 7. The second-order valence-corrected chi connectivity index (χ2v) is 34.7. The first-order valence-corrected chi connectivity index (χ1v) is 41.7. The van der Waals surface area contributed by atoms with Crippen LogP contribution in [0.2, 0.25) is 0 Å². The van der Waals surface area contributed by atoms with Crippen LogP contribution in [-0.2, 0) is 23.9 Å². The molecule has 0 spiro atoms. The molecule has 6 saturated carbocycles. The first-order chi connectivity index (χ1) is 55.0. The molecule has 13 heteroatoms. The van der Waals surface area contributed by atoms with Crippen LogP contribution >= 0.6 is 0 Å². The predicted octanol–water partition coefficient (Wildman–Crippen LogP) is 27.3. The molecule has 8 atom stereocenters. The number of hydrogen-bond donors (Lipinski definition) is 2. The molecule has 4 bridgehead atoms. The van der Waals surface area contributed by atoms with Gasteiger partial charge in [-0.2, -0.15) is 0 Å². The first kappa shape index (κ1) is 92.1. The van der Waals surface area contributed by atoms with Gasteiger partial charge in [0.1, 0.15) is 69.0 Å². The summed E-state index contributed by atoms with van der Waals surface area (Å²) < 4.78 is 39.3. The Hall–Kier alpha value is -10.4. The van der Waals surface area contributed by atoms with Gasteiger partial charge in [-0.15, -0.1) is 0 Å². The fourth-order valence-electron chi connectivity index (χ4n) is 18.6. The highest BCUT2D eigenvalue weighted by molar-refractivity contribution is 6.00. The Morgan fingerprint density at radius 2 is 0.444 bits per heavy atom. The number of carbonyl (C=O) groups is 4. The van der Waals surface area contributed by atoms with E-state index in [1.54, 1.807) is 90.9 Å². The van der Waals surface area contributed by atoms with Crippen molar-refractivity contribution < 1.29 is 62.5 Å². The van der Waals surface area contributed by atoms with Crippen LogP contribution in [0.1, 0.15) is 216 Å². The molecule has 13 nitrogen and oxygen atoms in total. The molecule has 0 aromatic heterocycles. The van der Waals surface area contributed by atoms with Gasteiger partial charge in [0.05, 0.1) is 0 Å². The summed E-state index contributed by atoms with van der Waals surface area (Å²) in [6, 6.07) is 31.8. The molecule has 14 rings (SSSR count). The van der Waals surface area contributed by atoms with Crippen molar-refractivity contribution in [3.05, 3.63) is 257 Å². The van der Waals surface area contributed by atoms with Crippen molar-refractivity contribution in [2.24, 2.45) is 47.3 Å². The van der Waals surface area contributed by atoms with Crippen molar-refractivity contribution in [2.45, 2.75) is 243 Å². The van der Waals surface area contributed by atoms with Gasteiger partial charge < -0.3 is 43.4 Å². The van der Waals surface area contributed by atoms with Gasteiger partial charge in [-0.25, -0.2) is 19.2 Å². The van der Waals surface area contributed by atoms with Gasteiger partial charge in [-0.3, -0.25) is 0 Å². The van der Waals surface area contributed by atoms with E-state index in [0.29, 0.717) is 34.1 Å². The smallest absolute Gasteiger partial charge is 0.340 e. The van der Waals surface area contributed by atoms with E-state index in [9.17, 15) is 29.4 Å². The summed E-state index contributed by atoms with van der Waals surface area (Å²) >= 11 is 0. The Morgan fingerprint density at radius 1 is 0.265 bits per heavy atom. The molecule has 0 heterocycles. The minimum atomic E-state index is -0.710. The summed E-state index contributed by atoms with van der Waals surface area (Å²) in [5.74, 6) is 15.7. The number of hydrogen-bond acceptors (Lipinski definition) is 13. The van der Waals surface area contributed by atoms with E-state index in [-0.39, 0.29) is 11.1 Å². The van der Waals surface area contributed by atoms with Crippen LogP contribution in [0.5, 0.6) is 69.0 Å². The third-order valence-electron chi connectivity index (χ3n) is 23.8. The van der Waals surface area contributed by atoms with Gasteiger partial charge >= 0.3 is 23.9 Å². The number of benzene rings is 8. The highest BCUT2D eigenvalue weighted by Crippen LogP contribution is 2.60. The second-order valence-electron chi connectivity index (χ2n) is 34.7.